The molecular weight excluding hydrogens is 612 g/mol. The monoisotopic (exact) mass is 660 g/mol. The normalized spacial score (nSPS) is 16.4. The van der Waals surface area contributed by atoms with Crippen LogP contribution in [0.25, 0.3) is 0 Å². The summed E-state index contributed by atoms with van der Waals surface area (Å²) in [5.41, 5.74) is 5.66. The number of anilines is 1. The molecule has 1 amide bonds. The van der Waals surface area contributed by atoms with Gasteiger partial charge in [0.05, 0.1) is 25.0 Å². The van der Waals surface area contributed by atoms with Crippen molar-refractivity contribution < 1.29 is 24.2 Å². The van der Waals surface area contributed by atoms with Gasteiger partial charge in [-0.15, -0.1) is 0 Å². The van der Waals surface area contributed by atoms with Crippen molar-refractivity contribution >= 4 is 34.9 Å². The molecule has 1 unspecified atom stereocenters. The van der Waals surface area contributed by atoms with E-state index in [1.807, 2.05) is 59.6 Å². The van der Waals surface area contributed by atoms with Crippen molar-refractivity contribution in [3.8, 4) is 5.75 Å². The molecule has 0 radical (unpaired) electrons. The van der Waals surface area contributed by atoms with Crippen molar-refractivity contribution in [2.75, 3.05) is 51.0 Å². The number of fused-ring (bicyclic) bond motifs is 2. The van der Waals surface area contributed by atoms with Crippen LogP contribution in [0.3, 0.4) is 0 Å². The number of para-hydroxylation sites is 1. The summed E-state index contributed by atoms with van der Waals surface area (Å²) < 4.78 is 5.30. The van der Waals surface area contributed by atoms with Crippen molar-refractivity contribution in [3.05, 3.63) is 102 Å². The lowest BCUT2D eigenvalue weighted by Gasteiger charge is -2.19. The highest BCUT2D eigenvalue weighted by Crippen LogP contribution is 2.27. The first-order valence-corrected chi connectivity index (χ1v) is 17.3. The zero-order valence-electron chi connectivity index (χ0n) is 28.0. The van der Waals surface area contributed by atoms with Crippen LogP contribution in [0.15, 0.2) is 84.8 Å². The molecule has 3 aromatic rings. The van der Waals surface area contributed by atoms with Crippen LogP contribution in [0, 0.1) is 5.92 Å². The van der Waals surface area contributed by atoms with Crippen LogP contribution >= 0.6 is 11.8 Å². The van der Waals surface area contributed by atoms with Crippen LogP contribution in [0.1, 0.15) is 54.6 Å². The molecule has 1 aromatic heterocycles. The van der Waals surface area contributed by atoms with Crippen LogP contribution in [-0.4, -0.2) is 83.5 Å². The largest absolute Gasteiger partial charge is 0.493 e. The minimum atomic E-state index is -0.829. The van der Waals surface area contributed by atoms with E-state index in [0.29, 0.717) is 25.6 Å². The number of carbonyl (C=O) groups excluding carboxylic acids is 2. The van der Waals surface area contributed by atoms with Gasteiger partial charge in [0.1, 0.15) is 12.0 Å². The number of ether oxygens (including phenoxy) is 1. The Kier molecular flexibility index (Phi) is 15.8. The van der Waals surface area contributed by atoms with Gasteiger partial charge in [0.25, 0.3) is 5.91 Å². The number of benzene rings is 2. The highest BCUT2D eigenvalue weighted by atomic mass is 32.2. The van der Waals surface area contributed by atoms with E-state index in [-0.39, 0.29) is 5.91 Å². The number of thioether (sulfide) groups is 1. The highest BCUT2D eigenvalue weighted by molar-refractivity contribution is 8.12. The zero-order valence-corrected chi connectivity index (χ0v) is 28.8. The van der Waals surface area contributed by atoms with Crippen molar-refractivity contribution in [2.24, 2.45) is 5.92 Å². The maximum atomic E-state index is 12.3. The van der Waals surface area contributed by atoms with Gasteiger partial charge in [-0.3, -0.25) is 9.78 Å². The zero-order chi connectivity index (χ0) is 34.0. The van der Waals surface area contributed by atoms with Crippen LogP contribution in [0.5, 0.6) is 5.75 Å². The molecular formula is C37H48N4O5S. The van der Waals surface area contributed by atoms with Crippen molar-refractivity contribution in [3.63, 3.8) is 0 Å². The van der Waals surface area contributed by atoms with Gasteiger partial charge in [-0.05, 0) is 78.2 Å². The number of hydrogen-bond donors (Lipinski definition) is 1. The van der Waals surface area contributed by atoms with Gasteiger partial charge in [-0.1, -0.05) is 56.7 Å². The van der Waals surface area contributed by atoms with E-state index in [1.165, 1.54) is 36.0 Å². The van der Waals surface area contributed by atoms with Gasteiger partial charge < -0.3 is 29.3 Å². The number of aromatic nitrogens is 1. The summed E-state index contributed by atoms with van der Waals surface area (Å²) in [6, 6.07) is 20.0. The summed E-state index contributed by atoms with van der Waals surface area (Å²) >= 11 is 0.796. The van der Waals surface area contributed by atoms with Gasteiger partial charge in [0.2, 0.25) is 0 Å². The molecule has 0 saturated carbocycles. The van der Waals surface area contributed by atoms with E-state index < -0.39 is 5.30 Å². The van der Waals surface area contributed by atoms with Gasteiger partial charge >= 0.3 is 5.30 Å². The predicted molar refractivity (Wildman–Crippen MR) is 190 cm³/mol. The standard InChI is InChI=1S/C17H20N2O2.C10H16N2.C8H8O.C2H4O2S/c1-13-10-15(18(11-13)8-9-20)6-7-19-12-14-4-2-3-5-16(14)17(19)21;1-3-4-8-12(2)10-6-5-7-11-9-10;1-2-4-8-7(3-1)5-6-9-8;1-5-2(3)4/h2-6,9,13H,7-8,10-12H2,1H3;5-7,9H,3-4,8H2,1-2H3;1-4H,5-6H2;1H3,(H,3,4)/b15-6+;;;. The summed E-state index contributed by atoms with van der Waals surface area (Å²) in [4.78, 5) is 42.7. The molecule has 4 heterocycles. The van der Waals surface area contributed by atoms with E-state index >= 15 is 0 Å². The Hall–Kier alpha value is -4.31. The van der Waals surface area contributed by atoms with Crippen LogP contribution in [0.2, 0.25) is 0 Å². The quantitative estimate of drug-likeness (QED) is 0.255. The number of unbranched alkanes of at least 4 members (excludes halogenated alkanes) is 1. The minimum Gasteiger partial charge on any atom is -0.493 e. The second-order valence-corrected chi connectivity index (χ2v) is 12.3. The molecule has 0 spiro atoms. The Morgan fingerprint density at radius 1 is 1.09 bits per heavy atom. The van der Waals surface area contributed by atoms with E-state index in [9.17, 15) is 14.4 Å². The van der Waals surface area contributed by atoms with Crippen molar-refractivity contribution in [1.82, 2.24) is 14.8 Å². The van der Waals surface area contributed by atoms with E-state index in [2.05, 4.69) is 53.9 Å². The Balaban J connectivity index is 0.000000194. The number of allylic oxidation sites excluding steroid dienone is 1. The smallest absolute Gasteiger partial charge is 0.364 e. The molecule has 0 aliphatic carbocycles. The molecule has 9 nitrogen and oxygen atoms in total. The second-order valence-electron chi connectivity index (χ2n) is 11.6. The average Bonchev–Trinajstić information content (AvgIpc) is 3.81. The lowest BCUT2D eigenvalue weighted by atomic mass is 10.1. The molecule has 47 heavy (non-hydrogen) atoms. The number of likely N-dealkylation sites (tertiary alicyclic amines) is 1. The molecule has 1 saturated heterocycles. The minimum absolute atomic E-state index is 0.107. The summed E-state index contributed by atoms with van der Waals surface area (Å²) in [6.07, 6.45) is 12.8. The molecule has 252 valence electrons. The lowest BCUT2D eigenvalue weighted by molar-refractivity contribution is -0.108. The molecule has 1 N–H and O–H groups in total. The molecule has 3 aliphatic heterocycles. The SMILES string of the molecule is CC1C/C(=C\CN2Cc3ccccc3C2=O)N(CC=O)C1.CCCCN(C)c1cccnc1.CSC(=O)O.c1ccc2c(c1)CCO2. The summed E-state index contributed by atoms with van der Waals surface area (Å²) in [7, 11) is 2.10. The molecule has 10 heteroatoms. The number of hydrogen-bond acceptors (Lipinski definition) is 8. The fraction of sp³-hybridized carbons (Fsp3) is 0.405. The maximum absolute atomic E-state index is 12.3. The number of amides is 1. The van der Waals surface area contributed by atoms with Gasteiger partial charge in [-0.25, -0.2) is 4.79 Å². The maximum Gasteiger partial charge on any atom is 0.364 e. The Morgan fingerprint density at radius 3 is 2.45 bits per heavy atom. The number of aldehydes is 1. The molecule has 2 aromatic carbocycles. The molecule has 1 atom stereocenters. The lowest BCUT2D eigenvalue weighted by Crippen LogP contribution is -2.26. The third-order valence-corrected chi connectivity index (χ3v) is 8.29. The first-order valence-electron chi connectivity index (χ1n) is 16.1. The van der Waals surface area contributed by atoms with Gasteiger partial charge in [0.15, 0.2) is 0 Å². The fourth-order valence-electron chi connectivity index (χ4n) is 5.44. The molecule has 6 rings (SSSR count). The highest BCUT2D eigenvalue weighted by Gasteiger charge is 2.27. The fourth-order valence-corrected chi connectivity index (χ4v) is 5.44. The number of carbonyl (C=O) groups is 3. The van der Waals surface area contributed by atoms with E-state index in [0.717, 1.165) is 67.5 Å². The average molecular weight is 661 g/mol. The van der Waals surface area contributed by atoms with E-state index in [4.69, 9.17) is 9.84 Å². The Morgan fingerprint density at radius 2 is 1.81 bits per heavy atom. The van der Waals surface area contributed by atoms with Crippen molar-refractivity contribution in [1.29, 1.82) is 0 Å². The predicted octanol–water partition coefficient (Wildman–Crippen LogP) is 7.03. The van der Waals surface area contributed by atoms with Crippen LogP contribution in [-0.2, 0) is 17.8 Å². The molecule has 0 bridgehead atoms. The van der Waals surface area contributed by atoms with Crippen LogP contribution in [0.4, 0.5) is 10.5 Å². The van der Waals surface area contributed by atoms with Gasteiger partial charge in [-0.2, -0.15) is 0 Å². The number of pyridine rings is 1. The summed E-state index contributed by atoms with van der Waals surface area (Å²) in [6.45, 7) is 9.05. The Labute approximate surface area is 283 Å². The first-order chi connectivity index (χ1) is 22.8. The van der Waals surface area contributed by atoms with Gasteiger partial charge in [0, 0.05) is 57.1 Å². The van der Waals surface area contributed by atoms with E-state index in [1.54, 1.807) is 6.20 Å². The topological polar surface area (TPSA) is 103 Å². The number of rotatable bonds is 8. The van der Waals surface area contributed by atoms with Crippen LogP contribution < -0.4 is 9.64 Å². The number of nitrogens with zero attached hydrogens (tertiary/aromatic N) is 4. The number of carboxylic acid groups (broad SMARTS) is 1. The molecule has 1 fully saturated rings. The third-order valence-electron chi connectivity index (χ3n) is 7.94. The van der Waals surface area contributed by atoms with Crippen molar-refractivity contribution in [2.45, 2.75) is 46.1 Å². The summed E-state index contributed by atoms with van der Waals surface area (Å²) in [5.74, 6) is 1.75. The summed E-state index contributed by atoms with van der Waals surface area (Å²) in [5, 5.41) is 6.86. The second kappa shape index (κ2) is 20.0. The molecule has 3 aliphatic rings. The third kappa shape index (κ3) is 12.1. The first kappa shape index (κ1) is 37.2. The Bertz CT molecular complexity index is 1430.